The van der Waals surface area contributed by atoms with Crippen molar-refractivity contribution in [1.82, 2.24) is 9.80 Å². The zero-order chi connectivity index (χ0) is 17.3. The van der Waals surface area contributed by atoms with Crippen molar-refractivity contribution in [2.45, 2.75) is 31.7 Å². The van der Waals surface area contributed by atoms with Crippen LogP contribution in [0.4, 0.5) is 15.8 Å². The molecule has 0 radical (unpaired) electrons. The van der Waals surface area contributed by atoms with Gasteiger partial charge in [-0.3, -0.25) is 19.8 Å². The van der Waals surface area contributed by atoms with Crippen LogP contribution in [0.3, 0.4) is 0 Å². The highest BCUT2D eigenvalue weighted by molar-refractivity contribution is 6.01. The van der Waals surface area contributed by atoms with Gasteiger partial charge in [0.2, 0.25) is 0 Å². The molecule has 0 bridgehead atoms. The lowest BCUT2D eigenvalue weighted by Crippen LogP contribution is -2.49. The number of halogens is 1. The number of anilines is 1. The summed E-state index contributed by atoms with van der Waals surface area (Å²) in [5.41, 5.74) is 4.80. The lowest BCUT2D eigenvalue weighted by Gasteiger charge is -2.37. The third-order valence-corrected chi connectivity index (χ3v) is 4.89. The maximum absolute atomic E-state index is 13.7. The average molecular weight is 336 g/mol. The van der Waals surface area contributed by atoms with Crippen molar-refractivity contribution < 1.29 is 14.1 Å². The van der Waals surface area contributed by atoms with Gasteiger partial charge in [-0.05, 0) is 44.8 Å². The Morgan fingerprint density at radius 2 is 1.96 bits per heavy atom. The minimum atomic E-state index is -0.827. The molecule has 0 aliphatic carbocycles. The summed E-state index contributed by atoms with van der Waals surface area (Å²) in [4.78, 5) is 27.0. The van der Waals surface area contributed by atoms with Crippen molar-refractivity contribution in [3.8, 4) is 0 Å². The van der Waals surface area contributed by atoms with Gasteiger partial charge in [0.15, 0.2) is 0 Å². The standard InChI is InChI=1S/C16H21FN4O3/c17-11-8-13(15(18)14(9-11)21(23)24)16(22)20-7-3-4-12(10-20)19-5-1-2-6-19/h8-9,12H,1-7,10,18H2/t12-/m1/s1. The van der Waals surface area contributed by atoms with Crippen LogP contribution in [0.1, 0.15) is 36.0 Å². The van der Waals surface area contributed by atoms with Crippen molar-refractivity contribution in [1.29, 1.82) is 0 Å². The van der Waals surface area contributed by atoms with Crippen LogP contribution in [0.5, 0.6) is 0 Å². The Bertz CT molecular complexity index is 661. The number of nitrogen functional groups attached to an aromatic ring is 1. The van der Waals surface area contributed by atoms with Gasteiger partial charge in [0, 0.05) is 19.1 Å². The first-order valence-electron chi connectivity index (χ1n) is 8.24. The van der Waals surface area contributed by atoms with E-state index in [-0.39, 0.29) is 11.3 Å². The van der Waals surface area contributed by atoms with Crippen LogP contribution in [0, 0.1) is 15.9 Å². The molecule has 1 atom stereocenters. The first-order chi connectivity index (χ1) is 11.5. The predicted octanol–water partition coefficient (Wildman–Crippen LogP) is 2.02. The number of amides is 1. The molecule has 0 aromatic heterocycles. The summed E-state index contributed by atoms with van der Waals surface area (Å²) in [6.07, 6.45) is 4.24. The van der Waals surface area contributed by atoms with Gasteiger partial charge in [0.25, 0.3) is 11.6 Å². The number of nitrogens with zero attached hydrogens (tertiary/aromatic N) is 3. The molecule has 1 aromatic carbocycles. The summed E-state index contributed by atoms with van der Waals surface area (Å²) >= 11 is 0. The van der Waals surface area contributed by atoms with E-state index >= 15 is 0 Å². The predicted molar refractivity (Wildman–Crippen MR) is 87.2 cm³/mol. The fraction of sp³-hybridized carbons (Fsp3) is 0.562. The van der Waals surface area contributed by atoms with Crippen LogP contribution in [0.25, 0.3) is 0 Å². The summed E-state index contributed by atoms with van der Waals surface area (Å²) in [7, 11) is 0. The minimum absolute atomic E-state index is 0.122. The largest absolute Gasteiger partial charge is 0.393 e. The fourth-order valence-electron chi connectivity index (χ4n) is 3.65. The van der Waals surface area contributed by atoms with E-state index in [1.807, 2.05) is 0 Å². The molecule has 130 valence electrons. The van der Waals surface area contributed by atoms with Crippen LogP contribution in [-0.2, 0) is 0 Å². The molecule has 7 nitrogen and oxygen atoms in total. The van der Waals surface area contributed by atoms with E-state index in [9.17, 15) is 19.3 Å². The van der Waals surface area contributed by atoms with Gasteiger partial charge in [0.05, 0.1) is 16.6 Å². The Kier molecular flexibility index (Phi) is 4.66. The van der Waals surface area contributed by atoms with E-state index in [1.165, 1.54) is 12.8 Å². The number of carbonyl (C=O) groups excluding carboxylic acids is 1. The highest BCUT2D eigenvalue weighted by Crippen LogP contribution is 2.29. The average Bonchev–Trinajstić information content (AvgIpc) is 3.10. The van der Waals surface area contributed by atoms with Crippen molar-refractivity contribution in [3.63, 3.8) is 0 Å². The number of carbonyl (C=O) groups is 1. The normalized spacial score (nSPS) is 21.9. The maximum atomic E-state index is 13.7. The third-order valence-electron chi connectivity index (χ3n) is 4.89. The molecule has 1 aromatic rings. The summed E-state index contributed by atoms with van der Waals surface area (Å²) in [5, 5.41) is 11.0. The number of hydrogen-bond acceptors (Lipinski definition) is 5. The Hall–Kier alpha value is -2.22. The monoisotopic (exact) mass is 336 g/mol. The molecule has 2 heterocycles. The van der Waals surface area contributed by atoms with E-state index in [4.69, 9.17) is 5.73 Å². The van der Waals surface area contributed by atoms with Gasteiger partial charge in [-0.25, -0.2) is 4.39 Å². The molecule has 2 fully saturated rings. The Balaban J connectivity index is 1.82. The number of benzene rings is 1. The number of piperidine rings is 1. The lowest BCUT2D eigenvalue weighted by atomic mass is 10.0. The van der Waals surface area contributed by atoms with E-state index in [2.05, 4.69) is 4.90 Å². The van der Waals surface area contributed by atoms with Gasteiger partial charge in [-0.2, -0.15) is 0 Å². The molecular formula is C16H21FN4O3. The van der Waals surface area contributed by atoms with Crippen molar-refractivity contribution in [3.05, 3.63) is 33.6 Å². The second kappa shape index (κ2) is 6.72. The van der Waals surface area contributed by atoms with Gasteiger partial charge in [-0.1, -0.05) is 0 Å². The topological polar surface area (TPSA) is 92.7 Å². The number of nitrogens with two attached hydrogens (primary N) is 1. The summed E-state index contributed by atoms with van der Waals surface area (Å²) in [6.45, 7) is 3.20. The first kappa shape index (κ1) is 16.6. The van der Waals surface area contributed by atoms with Crippen LogP contribution in [0.2, 0.25) is 0 Å². The Morgan fingerprint density at radius 1 is 1.25 bits per heavy atom. The quantitative estimate of drug-likeness (QED) is 0.518. The van der Waals surface area contributed by atoms with Crippen LogP contribution in [-0.4, -0.2) is 52.9 Å². The molecule has 2 aliphatic heterocycles. The highest BCUT2D eigenvalue weighted by Gasteiger charge is 2.31. The zero-order valence-corrected chi connectivity index (χ0v) is 13.4. The van der Waals surface area contributed by atoms with Gasteiger partial charge < -0.3 is 10.6 Å². The van der Waals surface area contributed by atoms with Crippen LogP contribution in [0.15, 0.2) is 12.1 Å². The maximum Gasteiger partial charge on any atom is 0.295 e. The van der Waals surface area contributed by atoms with Crippen molar-refractivity contribution in [2.75, 3.05) is 31.9 Å². The van der Waals surface area contributed by atoms with E-state index in [1.54, 1.807) is 4.90 Å². The SMILES string of the molecule is Nc1c(C(=O)N2CCC[C@@H](N3CCCC3)C2)cc(F)cc1[N+](=O)[O-]. The van der Waals surface area contributed by atoms with Crippen LogP contribution >= 0.6 is 0 Å². The van der Waals surface area contributed by atoms with Gasteiger partial charge in [-0.15, -0.1) is 0 Å². The highest BCUT2D eigenvalue weighted by atomic mass is 19.1. The smallest absolute Gasteiger partial charge is 0.295 e. The molecule has 24 heavy (non-hydrogen) atoms. The molecule has 0 saturated carbocycles. The zero-order valence-electron chi connectivity index (χ0n) is 13.4. The number of likely N-dealkylation sites (tertiary alicyclic amines) is 2. The van der Waals surface area contributed by atoms with Crippen molar-refractivity contribution >= 4 is 17.3 Å². The van der Waals surface area contributed by atoms with E-state index < -0.39 is 22.3 Å². The molecule has 0 spiro atoms. The molecule has 2 N–H and O–H groups in total. The van der Waals surface area contributed by atoms with Crippen LogP contribution < -0.4 is 5.73 Å². The lowest BCUT2D eigenvalue weighted by molar-refractivity contribution is -0.384. The first-order valence-corrected chi connectivity index (χ1v) is 8.24. The van der Waals surface area contributed by atoms with E-state index in [0.29, 0.717) is 19.1 Å². The fourth-order valence-corrected chi connectivity index (χ4v) is 3.65. The summed E-state index contributed by atoms with van der Waals surface area (Å²) in [6, 6.07) is 2.04. The molecule has 3 rings (SSSR count). The third kappa shape index (κ3) is 3.19. The number of hydrogen-bond donors (Lipinski definition) is 1. The summed E-state index contributed by atoms with van der Waals surface area (Å²) < 4.78 is 13.7. The van der Waals surface area contributed by atoms with Gasteiger partial charge >= 0.3 is 0 Å². The Labute approximate surface area is 139 Å². The molecule has 0 unspecified atom stereocenters. The second-order valence-corrected chi connectivity index (χ2v) is 6.43. The second-order valence-electron chi connectivity index (χ2n) is 6.43. The molecular weight excluding hydrogens is 315 g/mol. The Morgan fingerprint density at radius 3 is 2.62 bits per heavy atom. The summed E-state index contributed by atoms with van der Waals surface area (Å²) in [5.74, 6) is -1.26. The number of nitro groups is 1. The molecule has 8 heteroatoms. The molecule has 2 saturated heterocycles. The molecule has 1 amide bonds. The number of rotatable bonds is 3. The van der Waals surface area contributed by atoms with E-state index in [0.717, 1.165) is 38.1 Å². The molecule has 2 aliphatic rings. The van der Waals surface area contributed by atoms with Crippen molar-refractivity contribution in [2.24, 2.45) is 0 Å². The number of nitro benzene ring substituents is 1. The van der Waals surface area contributed by atoms with Gasteiger partial charge in [0.1, 0.15) is 11.5 Å². The minimum Gasteiger partial charge on any atom is -0.393 e.